The van der Waals surface area contributed by atoms with Crippen molar-refractivity contribution in [2.24, 2.45) is 5.73 Å². The van der Waals surface area contributed by atoms with Gasteiger partial charge in [0.05, 0.1) is 17.1 Å². The Hall–Kier alpha value is -1.40. The number of nitrogens with zero attached hydrogens (tertiary/aromatic N) is 1. The second-order valence-electron chi connectivity index (χ2n) is 4.55. The maximum Gasteiger partial charge on any atom is 0.305 e. The van der Waals surface area contributed by atoms with Gasteiger partial charge in [0.2, 0.25) is 5.91 Å². The molecule has 1 saturated heterocycles. The molecule has 0 radical (unpaired) electrons. The largest absolute Gasteiger partial charge is 0.481 e. The van der Waals surface area contributed by atoms with Crippen molar-refractivity contribution in [3.05, 3.63) is 28.8 Å². The number of hydrogen-bond acceptors (Lipinski definition) is 4. The molecular formula is C13H15ClN2O3S. The van der Waals surface area contributed by atoms with Gasteiger partial charge in [0.1, 0.15) is 0 Å². The lowest BCUT2D eigenvalue weighted by molar-refractivity contribution is -0.137. The summed E-state index contributed by atoms with van der Waals surface area (Å²) in [4.78, 5) is 24.1. The first kappa shape index (κ1) is 15.0. The molecule has 0 aliphatic carbocycles. The van der Waals surface area contributed by atoms with Crippen LogP contribution in [-0.2, 0) is 4.79 Å². The Bertz CT molecular complexity index is 538. The van der Waals surface area contributed by atoms with E-state index in [0.717, 1.165) is 23.7 Å². The first-order chi connectivity index (χ1) is 9.49. The molecule has 1 aliphatic rings. The van der Waals surface area contributed by atoms with Crippen LogP contribution in [0.15, 0.2) is 18.2 Å². The van der Waals surface area contributed by atoms with Crippen molar-refractivity contribution in [2.75, 3.05) is 23.0 Å². The van der Waals surface area contributed by atoms with Gasteiger partial charge < -0.3 is 15.7 Å². The maximum atomic E-state index is 11.1. The number of carboxylic acids is 1. The van der Waals surface area contributed by atoms with Crippen LogP contribution in [0.1, 0.15) is 16.8 Å². The Morgan fingerprint density at radius 3 is 2.85 bits per heavy atom. The Kier molecular flexibility index (Phi) is 4.77. The maximum absolute atomic E-state index is 11.1. The predicted molar refractivity (Wildman–Crippen MR) is 80.7 cm³/mol. The van der Waals surface area contributed by atoms with E-state index in [0.29, 0.717) is 10.6 Å². The first-order valence-electron chi connectivity index (χ1n) is 6.14. The zero-order chi connectivity index (χ0) is 14.7. The van der Waals surface area contributed by atoms with Crippen LogP contribution in [-0.4, -0.2) is 41.1 Å². The second kappa shape index (κ2) is 6.37. The topological polar surface area (TPSA) is 83.6 Å². The van der Waals surface area contributed by atoms with Crippen LogP contribution < -0.4 is 10.6 Å². The molecule has 0 bridgehead atoms. The highest BCUT2D eigenvalue weighted by Crippen LogP contribution is 2.32. The fourth-order valence-corrected chi connectivity index (χ4v) is 3.59. The smallest absolute Gasteiger partial charge is 0.305 e. The molecule has 1 aromatic carbocycles. The number of amides is 1. The minimum atomic E-state index is -0.827. The number of carboxylic acid groups (broad SMARTS) is 1. The molecule has 108 valence electrons. The molecule has 1 aromatic rings. The van der Waals surface area contributed by atoms with E-state index in [1.54, 1.807) is 23.9 Å². The van der Waals surface area contributed by atoms with Gasteiger partial charge in [-0.25, -0.2) is 0 Å². The van der Waals surface area contributed by atoms with Crippen molar-refractivity contribution < 1.29 is 14.7 Å². The number of primary amides is 1. The number of benzene rings is 1. The highest BCUT2D eigenvalue weighted by molar-refractivity contribution is 7.99. The fraction of sp³-hybridized carbons (Fsp3) is 0.385. The lowest BCUT2D eigenvalue weighted by Crippen LogP contribution is -2.43. The summed E-state index contributed by atoms with van der Waals surface area (Å²) >= 11 is 7.94. The van der Waals surface area contributed by atoms with Gasteiger partial charge in [-0.15, -0.1) is 0 Å². The third-order valence-corrected chi connectivity index (χ3v) is 4.57. The Balaban J connectivity index is 2.27. The van der Waals surface area contributed by atoms with Crippen molar-refractivity contribution in [1.29, 1.82) is 0 Å². The number of carbonyl (C=O) groups is 2. The third-order valence-electron chi connectivity index (χ3n) is 3.18. The SMILES string of the molecule is NC(=O)c1ccc(N2CCSCC2CC(=O)O)c(Cl)c1. The number of halogens is 1. The quantitative estimate of drug-likeness (QED) is 0.886. The minimum Gasteiger partial charge on any atom is -0.481 e. The first-order valence-corrected chi connectivity index (χ1v) is 7.68. The van der Waals surface area contributed by atoms with Crippen LogP contribution in [0, 0.1) is 0 Å². The predicted octanol–water partition coefficient (Wildman–Crippen LogP) is 1.84. The van der Waals surface area contributed by atoms with Crippen LogP contribution in [0.25, 0.3) is 0 Å². The van der Waals surface area contributed by atoms with E-state index in [9.17, 15) is 9.59 Å². The Morgan fingerprint density at radius 2 is 2.25 bits per heavy atom. The van der Waals surface area contributed by atoms with Gasteiger partial charge in [0, 0.05) is 29.7 Å². The van der Waals surface area contributed by atoms with Crippen LogP contribution in [0.2, 0.25) is 5.02 Å². The highest BCUT2D eigenvalue weighted by atomic mass is 35.5. The summed E-state index contributed by atoms with van der Waals surface area (Å²) in [6.07, 6.45) is 0.0703. The summed E-state index contributed by atoms with van der Waals surface area (Å²) < 4.78 is 0. The fourth-order valence-electron chi connectivity index (χ4n) is 2.24. The average molecular weight is 315 g/mol. The molecule has 3 N–H and O–H groups in total. The summed E-state index contributed by atoms with van der Waals surface area (Å²) in [6.45, 7) is 0.734. The molecule has 1 atom stereocenters. The molecular weight excluding hydrogens is 300 g/mol. The van der Waals surface area contributed by atoms with E-state index in [2.05, 4.69) is 0 Å². The molecule has 0 saturated carbocycles. The van der Waals surface area contributed by atoms with Crippen molar-refractivity contribution in [3.8, 4) is 0 Å². The number of nitrogens with two attached hydrogens (primary N) is 1. The number of hydrogen-bond donors (Lipinski definition) is 2. The molecule has 2 rings (SSSR count). The van der Waals surface area contributed by atoms with Crippen LogP contribution in [0.4, 0.5) is 5.69 Å². The number of aliphatic carboxylic acids is 1. The molecule has 1 heterocycles. The normalized spacial score (nSPS) is 18.9. The van der Waals surface area contributed by atoms with Crippen LogP contribution >= 0.6 is 23.4 Å². The van der Waals surface area contributed by atoms with Crippen LogP contribution in [0.5, 0.6) is 0 Å². The zero-order valence-corrected chi connectivity index (χ0v) is 12.3. The molecule has 1 aliphatic heterocycles. The van der Waals surface area contributed by atoms with E-state index in [1.165, 1.54) is 6.07 Å². The molecule has 7 heteroatoms. The summed E-state index contributed by atoms with van der Waals surface area (Å²) in [7, 11) is 0. The summed E-state index contributed by atoms with van der Waals surface area (Å²) in [5.41, 5.74) is 6.31. The van der Waals surface area contributed by atoms with E-state index < -0.39 is 11.9 Å². The van der Waals surface area contributed by atoms with Crippen molar-refractivity contribution in [3.63, 3.8) is 0 Å². The Labute approximate surface area is 126 Å². The molecule has 0 spiro atoms. The summed E-state index contributed by atoms with van der Waals surface area (Å²) in [5.74, 6) is 0.312. The molecule has 1 fully saturated rings. The van der Waals surface area contributed by atoms with E-state index in [1.807, 2.05) is 4.90 Å². The molecule has 20 heavy (non-hydrogen) atoms. The monoisotopic (exact) mass is 314 g/mol. The van der Waals surface area contributed by atoms with Crippen molar-refractivity contribution in [2.45, 2.75) is 12.5 Å². The molecule has 1 amide bonds. The summed E-state index contributed by atoms with van der Waals surface area (Å²) in [6, 6.07) is 4.78. The average Bonchev–Trinajstić information content (AvgIpc) is 2.39. The molecule has 0 aromatic heterocycles. The highest BCUT2D eigenvalue weighted by Gasteiger charge is 2.26. The van der Waals surface area contributed by atoms with Gasteiger partial charge in [-0.05, 0) is 18.2 Å². The van der Waals surface area contributed by atoms with Gasteiger partial charge >= 0.3 is 5.97 Å². The third kappa shape index (κ3) is 3.37. The number of anilines is 1. The lowest BCUT2D eigenvalue weighted by atomic mass is 10.1. The van der Waals surface area contributed by atoms with Gasteiger partial charge in [0.25, 0.3) is 0 Å². The number of carbonyl (C=O) groups excluding carboxylic acids is 1. The molecule has 5 nitrogen and oxygen atoms in total. The van der Waals surface area contributed by atoms with E-state index >= 15 is 0 Å². The number of rotatable bonds is 4. The van der Waals surface area contributed by atoms with Crippen LogP contribution in [0.3, 0.4) is 0 Å². The van der Waals surface area contributed by atoms with Crippen molar-refractivity contribution in [1.82, 2.24) is 0 Å². The van der Waals surface area contributed by atoms with Gasteiger partial charge in [-0.2, -0.15) is 11.8 Å². The lowest BCUT2D eigenvalue weighted by Gasteiger charge is -2.37. The minimum absolute atomic E-state index is 0.0703. The number of thioether (sulfide) groups is 1. The standard InChI is InChI=1S/C13H15ClN2O3S/c14-10-5-8(13(15)19)1-2-11(10)16-3-4-20-7-9(16)6-12(17)18/h1-2,5,9H,3-4,6-7H2,(H2,15,19)(H,17,18). The zero-order valence-electron chi connectivity index (χ0n) is 10.7. The van der Waals surface area contributed by atoms with Gasteiger partial charge in [0.15, 0.2) is 0 Å². The Morgan fingerprint density at radius 1 is 1.50 bits per heavy atom. The second-order valence-corrected chi connectivity index (χ2v) is 6.11. The van der Waals surface area contributed by atoms with E-state index in [-0.39, 0.29) is 12.5 Å². The van der Waals surface area contributed by atoms with E-state index in [4.69, 9.17) is 22.4 Å². The van der Waals surface area contributed by atoms with Gasteiger partial charge in [-0.1, -0.05) is 11.6 Å². The molecule has 1 unspecified atom stereocenters. The summed E-state index contributed by atoms with van der Waals surface area (Å²) in [5, 5.41) is 9.41. The van der Waals surface area contributed by atoms with Gasteiger partial charge in [-0.3, -0.25) is 9.59 Å². The van der Waals surface area contributed by atoms with Crippen molar-refractivity contribution >= 4 is 40.9 Å².